The molecule has 0 heterocycles. The molecule has 19 heavy (non-hydrogen) atoms. The minimum atomic E-state index is -4.31. The van der Waals surface area contributed by atoms with E-state index < -0.39 is 11.6 Å². The van der Waals surface area contributed by atoms with Crippen LogP contribution in [-0.4, -0.2) is 17.9 Å². The highest BCUT2D eigenvalue weighted by molar-refractivity contribution is 8.00. The van der Waals surface area contributed by atoms with Crippen LogP contribution >= 0.6 is 11.8 Å². The van der Waals surface area contributed by atoms with Crippen LogP contribution in [0.3, 0.4) is 0 Å². The van der Waals surface area contributed by atoms with Gasteiger partial charge in [-0.1, -0.05) is 19.1 Å². The summed E-state index contributed by atoms with van der Waals surface area (Å²) in [6.07, 6.45) is 0.0658. The lowest BCUT2D eigenvalue weighted by molar-refractivity contribution is -0.128. The van der Waals surface area contributed by atoms with Gasteiger partial charge in [0.2, 0.25) is 0 Å². The Hall–Kier alpha value is -1.01. The van der Waals surface area contributed by atoms with E-state index in [2.05, 4.69) is 0 Å². The van der Waals surface area contributed by atoms with E-state index in [1.807, 2.05) is 6.92 Å². The van der Waals surface area contributed by atoms with E-state index in [-0.39, 0.29) is 22.4 Å². The number of hydrogen-bond donors (Lipinski definition) is 0. The van der Waals surface area contributed by atoms with Gasteiger partial charge < -0.3 is 4.74 Å². The molecule has 0 fully saturated rings. The number of ketones is 1. The molecule has 0 aliphatic rings. The van der Waals surface area contributed by atoms with Crippen LogP contribution < -0.4 is 0 Å². The Morgan fingerprint density at radius 1 is 1.32 bits per heavy atom. The fourth-order valence-electron chi connectivity index (χ4n) is 1.53. The molecule has 0 amide bonds. The molecule has 1 atom stereocenters. The molecule has 106 valence electrons. The molecule has 0 aromatic heterocycles. The van der Waals surface area contributed by atoms with Crippen molar-refractivity contribution in [1.29, 1.82) is 0 Å². The SMILES string of the molecule is CCCOC(C(C)=O)c1ccc(SC(F)(F)F)cc1. The van der Waals surface area contributed by atoms with Crippen molar-refractivity contribution in [2.45, 2.75) is 36.8 Å². The monoisotopic (exact) mass is 292 g/mol. The number of ether oxygens (including phenoxy) is 1. The van der Waals surface area contributed by atoms with Gasteiger partial charge in [-0.2, -0.15) is 13.2 Å². The number of hydrogen-bond acceptors (Lipinski definition) is 3. The van der Waals surface area contributed by atoms with Crippen molar-refractivity contribution in [3.8, 4) is 0 Å². The van der Waals surface area contributed by atoms with Crippen LogP contribution in [0.2, 0.25) is 0 Å². The Bertz CT molecular complexity index is 415. The van der Waals surface area contributed by atoms with Gasteiger partial charge in [-0.3, -0.25) is 4.79 Å². The fraction of sp³-hybridized carbons (Fsp3) is 0.462. The lowest BCUT2D eigenvalue weighted by Crippen LogP contribution is -2.13. The number of benzene rings is 1. The molecule has 1 aromatic rings. The van der Waals surface area contributed by atoms with Crippen molar-refractivity contribution in [1.82, 2.24) is 0 Å². The predicted molar refractivity (Wildman–Crippen MR) is 68.0 cm³/mol. The second-order valence-electron chi connectivity index (χ2n) is 3.98. The first kappa shape index (κ1) is 16.0. The summed E-state index contributed by atoms with van der Waals surface area (Å²) >= 11 is -0.178. The molecule has 2 nitrogen and oxygen atoms in total. The van der Waals surface area contributed by atoms with Crippen LogP contribution in [0.5, 0.6) is 0 Å². The number of rotatable bonds is 6. The molecule has 1 unspecified atom stereocenters. The van der Waals surface area contributed by atoms with Gasteiger partial charge in [0.25, 0.3) is 0 Å². The molecular formula is C13H15F3O2S. The van der Waals surface area contributed by atoms with E-state index in [9.17, 15) is 18.0 Å². The quantitative estimate of drug-likeness (QED) is 0.729. The summed E-state index contributed by atoms with van der Waals surface area (Å²) in [4.78, 5) is 11.5. The van der Waals surface area contributed by atoms with E-state index in [4.69, 9.17) is 4.74 Å². The summed E-state index contributed by atoms with van der Waals surface area (Å²) in [6, 6.07) is 5.68. The molecule has 1 aromatic carbocycles. The normalized spacial score (nSPS) is 13.3. The molecule has 6 heteroatoms. The Labute approximate surface area is 114 Å². The maximum absolute atomic E-state index is 12.2. The fourth-order valence-corrected chi connectivity index (χ4v) is 2.07. The van der Waals surface area contributed by atoms with Crippen LogP contribution in [0.15, 0.2) is 29.2 Å². The maximum atomic E-state index is 12.2. The van der Waals surface area contributed by atoms with Gasteiger partial charge >= 0.3 is 5.51 Å². The summed E-state index contributed by atoms with van der Waals surface area (Å²) in [5.74, 6) is -0.162. The number of carbonyl (C=O) groups is 1. The van der Waals surface area contributed by atoms with Gasteiger partial charge in [-0.05, 0) is 42.8 Å². The summed E-state index contributed by atoms with van der Waals surface area (Å²) in [5.41, 5.74) is -3.73. The number of carbonyl (C=O) groups excluding carboxylic acids is 1. The van der Waals surface area contributed by atoms with Crippen LogP contribution in [0.4, 0.5) is 13.2 Å². The lowest BCUT2D eigenvalue weighted by atomic mass is 10.1. The molecule has 0 N–H and O–H groups in total. The molecule has 0 radical (unpaired) electrons. The van der Waals surface area contributed by atoms with E-state index in [0.717, 1.165) is 6.42 Å². The first-order chi connectivity index (χ1) is 8.83. The summed E-state index contributed by atoms with van der Waals surface area (Å²) in [6.45, 7) is 3.75. The van der Waals surface area contributed by atoms with Crippen LogP contribution in [0.1, 0.15) is 31.9 Å². The minimum absolute atomic E-state index is 0.0917. The van der Waals surface area contributed by atoms with Crippen molar-refractivity contribution in [3.63, 3.8) is 0 Å². The van der Waals surface area contributed by atoms with Crippen molar-refractivity contribution >= 4 is 17.5 Å². The van der Waals surface area contributed by atoms with E-state index in [1.54, 1.807) is 0 Å². The molecule has 1 rings (SSSR count). The number of halogens is 3. The van der Waals surface area contributed by atoms with Gasteiger partial charge in [0.1, 0.15) is 6.10 Å². The van der Waals surface area contributed by atoms with Crippen LogP contribution in [-0.2, 0) is 9.53 Å². The highest BCUT2D eigenvalue weighted by Crippen LogP contribution is 2.37. The average Bonchev–Trinajstić information content (AvgIpc) is 2.29. The van der Waals surface area contributed by atoms with Crippen molar-refractivity contribution in [3.05, 3.63) is 29.8 Å². The number of thioether (sulfide) groups is 1. The first-order valence-corrected chi connectivity index (χ1v) is 6.63. The van der Waals surface area contributed by atoms with Gasteiger partial charge in [0.15, 0.2) is 5.78 Å². The predicted octanol–water partition coefficient (Wildman–Crippen LogP) is 4.36. The minimum Gasteiger partial charge on any atom is -0.366 e. The molecule has 0 bridgehead atoms. The summed E-state index contributed by atoms with van der Waals surface area (Å²) in [5, 5.41) is 0. The second kappa shape index (κ2) is 6.96. The standard InChI is InChI=1S/C13H15F3O2S/c1-3-8-18-12(9(2)17)10-4-6-11(7-5-10)19-13(14,15)16/h4-7,12H,3,8H2,1-2H3. The largest absolute Gasteiger partial charge is 0.446 e. The first-order valence-electron chi connectivity index (χ1n) is 5.81. The Balaban J connectivity index is 2.80. The number of alkyl halides is 3. The van der Waals surface area contributed by atoms with Crippen molar-refractivity contribution in [2.24, 2.45) is 0 Å². The molecule has 0 saturated carbocycles. The third kappa shape index (κ3) is 5.65. The maximum Gasteiger partial charge on any atom is 0.446 e. The smallest absolute Gasteiger partial charge is 0.366 e. The van der Waals surface area contributed by atoms with E-state index >= 15 is 0 Å². The Morgan fingerprint density at radius 2 is 1.89 bits per heavy atom. The van der Waals surface area contributed by atoms with Gasteiger partial charge in [-0.15, -0.1) is 0 Å². The summed E-state index contributed by atoms with van der Waals surface area (Å²) in [7, 11) is 0. The molecule has 0 aliphatic heterocycles. The van der Waals surface area contributed by atoms with Crippen LogP contribution in [0.25, 0.3) is 0 Å². The lowest BCUT2D eigenvalue weighted by Gasteiger charge is -2.15. The van der Waals surface area contributed by atoms with Crippen molar-refractivity contribution in [2.75, 3.05) is 6.61 Å². The molecular weight excluding hydrogens is 277 g/mol. The zero-order chi connectivity index (χ0) is 14.5. The highest BCUT2D eigenvalue weighted by Gasteiger charge is 2.29. The Morgan fingerprint density at radius 3 is 2.32 bits per heavy atom. The number of Topliss-reactive ketones (excluding diaryl/α,β-unsaturated/α-hetero) is 1. The van der Waals surface area contributed by atoms with E-state index in [1.165, 1.54) is 31.2 Å². The molecule has 0 spiro atoms. The highest BCUT2D eigenvalue weighted by atomic mass is 32.2. The zero-order valence-corrected chi connectivity index (χ0v) is 11.5. The molecule has 0 saturated heterocycles. The van der Waals surface area contributed by atoms with Gasteiger partial charge in [0.05, 0.1) is 0 Å². The van der Waals surface area contributed by atoms with Crippen LogP contribution in [0, 0.1) is 0 Å². The Kier molecular flexibility index (Phi) is 5.87. The van der Waals surface area contributed by atoms with Crippen molar-refractivity contribution < 1.29 is 22.7 Å². The zero-order valence-electron chi connectivity index (χ0n) is 10.7. The summed E-state index contributed by atoms with van der Waals surface area (Å²) < 4.78 is 41.9. The molecule has 0 aliphatic carbocycles. The third-order valence-corrected chi connectivity index (χ3v) is 3.01. The average molecular weight is 292 g/mol. The van der Waals surface area contributed by atoms with Gasteiger partial charge in [-0.25, -0.2) is 0 Å². The third-order valence-electron chi connectivity index (χ3n) is 2.27. The topological polar surface area (TPSA) is 26.3 Å². The van der Waals surface area contributed by atoms with E-state index in [0.29, 0.717) is 12.2 Å². The van der Waals surface area contributed by atoms with Gasteiger partial charge in [0, 0.05) is 11.5 Å². The second-order valence-corrected chi connectivity index (χ2v) is 5.12.